The summed E-state index contributed by atoms with van der Waals surface area (Å²) in [5.41, 5.74) is 4.19. The van der Waals surface area contributed by atoms with E-state index >= 15 is 0 Å². The first-order chi connectivity index (χ1) is 17.8. The number of carbonyl (C=O) groups is 3. The molecule has 37 heavy (non-hydrogen) atoms. The number of nitrogens with zero attached hydrogens (tertiary/aromatic N) is 1. The number of fused-ring (bicyclic) bond motifs is 1. The predicted octanol–water partition coefficient (Wildman–Crippen LogP) is 4.83. The fraction of sp³-hybridized carbons (Fsp3) is 0.233. The molecule has 7 nitrogen and oxygen atoms in total. The average molecular weight is 498 g/mol. The smallest absolute Gasteiger partial charge is 0.307 e. The minimum Gasteiger partial charge on any atom is -0.507 e. The van der Waals surface area contributed by atoms with Crippen molar-refractivity contribution in [3.63, 3.8) is 0 Å². The van der Waals surface area contributed by atoms with E-state index in [4.69, 9.17) is 9.84 Å². The SMILES string of the molecule is CCc1ccc(C2/C(=C(/O)c3ccc4c(c3)CC(C)O4)C(=O)C(=O)N2c2ccc(CC(=O)O)cc2)cc1. The Bertz CT molecular complexity index is 1420. The van der Waals surface area contributed by atoms with Crippen molar-refractivity contribution in [3.8, 4) is 5.75 Å². The lowest BCUT2D eigenvalue weighted by Crippen LogP contribution is -2.29. The Morgan fingerprint density at radius 2 is 1.65 bits per heavy atom. The Labute approximate surface area is 214 Å². The molecule has 0 aliphatic carbocycles. The van der Waals surface area contributed by atoms with Crippen molar-refractivity contribution in [1.82, 2.24) is 0 Å². The summed E-state index contributed by atoms with van der Waals surface area (Å²) in [4.78, 5) is 39.2. The van der Waals surface area contributed by atoms with E-state index in [9.17, 15) is 19.5 Å². The van der Waals surface area contributed by atoms with E-state index in [-0.39, 0.29) is 23.9 Å². The van der Waals surface area contributed by atoms with Gasteiger partial charge in [-0.05, 0) is 65.9 Å². The van der Waals surface area contributed by atoms with Crippen LogP contribution in [0.2, 0.25) is 0 Å². The Kier molecular flexibility index (Phi) is 6.29. The zero-order chi connectivity index (χ0) is 26.3. The van der Waals surface area contributed by atoms with Crippen LogP contribution in [0.5, 0.6) is 5.75 Å². The van der Waals surface area contributed by atoms with Crippen LogP contribution in [0.25, 0.3) is 5.76 Å². The summed E-state index contributed by atoms with van der Waals surface area (Å²) in [6.45, 7) is 4.00. The number of Topliss-reactive ketones (excluding diaryl/α,β-unsaturated/α-hetero) is 1. The molecule has 2 aliphatic heterocycles. The van der Waals surface area contributed by atoms with Gasteiger partial charge >= 0.3 is 5.97 Å². The van der Waals surface area contributed by atoms with Crippen molar-refractivity contribution in [2.24, 2.45) is 0 Å². The summed E-state index contributed by atoms with van der Waals surface area (Å²) < 4.78 is 5.76. The first-order valence-electron chi connectivity index (χ1n) is 12.3. The maximum absolute atomic E-state index is 13.4. The van der Waals surface area contributed by atoms with Crippen LogP contribution in [0.1, 0.15) is 47.7 Å². The number of hydrogen-bond donors (Lipinski definition) is 2. The van der Waals surface area contributed by atoms with Gasteiger partial charge in [-0.15, -0.1) is 0 Å². The predicted molar refractivity (Wildman–Crippen MR) is 139 cm³/mol. The molecule has 2 atom stereocenters. The van der Waals surface area contributed by atoms with E-state index in [0.717, 1.165) is 23.3 Å². The number of carboxylic acid groups (broad SMARTS) is 1. The number of amides is 1. The van der Waals surface area contributed by atoms with Crippen LogP contribution < -0.4 is 9.64 Å². The molecule has 5 rings (SSSR count). The Morgan fingerprint density at radius 3 is 2.30 bits per heavy atom. The lowest BCUT2D eigenvalue weighted by molar-refractivity contribution is -0.136. The fourth-order valence-corrected chi connectivity index (χ4v) is 5.02. The van der Waals surface area contributed by atoms with Crippen molar-refractivity contribution in [2.45, 2.75) is 45.3 Å². The van der Waals surface area contributed by atoms with Crippen molar-refractivity contribution in [3.05, 3.63) is 100 Å². The molecule has 188 valence electrons. The van der Waals surface area contributed by atoms with E-state index < -0.39 is 23.7 Å². The van der Waals surface area contributed by atoms with E-state index in [1.807, 2.05) is 38.1 Å². The molecule has 3 aromatic carbocycles. The molecule has 2 N–H and O–H groups in total. The molecular formula is C30H27NO6. The Morgan fingerprint density at radius 1 is 0.973 bits per heavy atom. The number of benzene rings is 3. The molecule has 1 amide bonds. The highest BCUT2D eigenvalue weighted by molar-refractivity contribution is 6.51. The van der Waals surface area contributed by atoms with Crippen LogP contribution in [0.4, 0.5) is 5.69 Å². The number of aliphatic hydroxyl groups excluding tert-OH is 1. The normalized spacial score (nSPS) is 20.1. The van der Waals surface area contributed by atoms with Gasteiger partial charge < -0.3 is 14.9 Å². The lowest BCUT2D eigenvalue weighted by Gasteiger charge is -2.26. The van der Waals surface area contributed by atoms with Gasteiger partial charge in [-0.2, -0.15) is 0 Å². The number of ketones is 1. The number of aliphatic hydroxyl groups is 1. The summed E-state index contributed by atoms with van der Waals surface area (Å²) in [5, 5.41) is 20.5. The summed E-state index contributed by atoms with van der Waals surface area (Å²) in [6.07, 6.45) is 1.40. The van der Waals surface area contributed by atoms with E-state index in [1.165, 1.54) is 4.90 Å². The third-order valence-electron chi connectivity index (χ3n) is 6.89. The number of ether oxygens (including phenoxy) is 1. The lowest BCUT2D eigenvalue weighted by atomic mass is 9.93. The molecule has 1 saturated heterocycles. The molecule has 2 unspecified atom stereocenters. The number of carboxylic acids is 1. The van der Waals surface area contributed by atoms with Crippen LogP contribution >= 0.6 is 0 Å². The second-order valence-electron chi connectivity index (χ2n) is 9.46. The molecule has 0 saturated carbocycles. The van der Waals surface area contributed by atoms with Gasteiger partial charge in [0.1, 0.15) is 17.6 Å². The molecule has 0 aromatic heterocycles. The first kappa shape index (κ1) is 24.3. The molecular weight excluding hydrogens is 470 g/mol. The van der Waals surface area contributed by atoms with Crippen LogP contribution in [0, 0.1) is 0 Å². The van der Waals surface area contributed by atoms with Gasteiger partial charge in [0.05, 0.1) is 18.0 Å². The maximum Gasteiger partial charge on any atom is 0.307 e. The van der Waals surface area contributed by atoms with Gasteiger partial charge in [0, 0.05) is 17.7 Å². The molecule has 3 aromatic rings. The third-order valence-corrected chi connectivity index (χ3v) is 6.89. The van der Waals surface area contributed by atoms with Gasteiger partial charge in [0.2, 0.25) is 0 Å². The second kappa shape index (κ2) is 9.58. The van der Waals surface area contributed by atoms with Gasteiger partial charge in [-0.25, -0.2) is 0 Å². The first-order valence-corrected chi connectivity index (χ1v) is 12.3. The van der Waals surface area contributed by atoms with Crippen LogP contribution in [-0.4, -0.2) is 34.0 Å². The van der Waals surface area contributed by atoms with Crippen molar-refractivity contribution in [1.29, 1.82) is 0 Å². The Hall–Kier alpha value is -4.39. The topological polar surface area (TPSA) is 104 Å². The van der Waals surface area contributed by atoms with E-state index in [0.29, 0.717) is 28.8 Å². The number of aliphatic carboxylic acids is 1. The molecule has 2 aliphatic rings. The highest BCUT2D eigenvalue weighted by atomic mass is 16.5. The van der Waals surface area contributed by atoms with E-state index in [1.54, 1.807) is 42.5 Å². The van der Waals surface area contributed by atoms with Crippen molar-refractivity contribution in [2.75, 3.05) is 4.90 Å². The highest BCUT2D eigenvalue weighted by Gasteiger charge is 2.47. The zero-order valence-corrected chi connectivity index (χ0v) is 20.6. The van der Waals surface area contributed by atoms with Crippen LogP contribution in [-0.2, 0) is 33.6 Å². The highest BCUT2D eigenvalue weighted by Crippen LogP contribution is 2.43. The molecule has 7 heteroatoms. The number of hydrogen-bond acceptors (Lipinski definition) is 5. The monoisotopic (exact) mass is 497 g/mol. The number of anilines is 1. The summed E-state index contributed by atoms with van der Waals surface area (Å²) in [6, 6.07) is 18.6. The van der Waals surface area contributed by atoms with Crippen molar-refractivity contribution < 1.29 is 29.3 Å². The second-order valence-corrected chi connectivity index (χ2v) is 9.46. The minimum atomic E-state index is -0.960. The third kappa shape index (κ3) is 4.48. The molecule has 0 spiro atoms. The Balaban J connectivity index is 1.63. The van der Waals surface area contributed by atoms with Gasteiger partial charge in [0.25, 0.3) is 11.7 Å². The number of carbonyl (C=O) groups excluding carboxylic acids is 2. The number of rotatable bonds is 6. The molecule has 1 fully saturated rings. The van der Waals surface area contributed by atoms with Crippen molar-refractivity contribution >= 4 is 29.1 Å². The summed E-state index contributed by atoms with van der Waals surface area (Å²) in [5.74, 6) is -1.98. The van der Waals surface area contributed by atoms with Gasteiger partial charge in [-0.3, -0.25) is 19.3 Å². The number of aryl methyl sites for hydroxylation is 1. The van der Waals surface area contributed by atoms with Crippen LogP contribution in [0.3, 0.4) is 0 Å². The van der Waals surface area contributed by atoms with Crippen LogP contribution in [0.15, 0.2) is 72.3 Å². The van der Waals surface area contributed by atoms with E-state index in [2.05, 4.69) is 0 Å². The minimum absolute atomic E-state index is 0.00998. The van der Waals surface area contributed by atoms with Gasteiger partial charge in [-0.1, -0.05) is 43.3 Å². The zero-order valence-electron chi connectivity index (χ0n) is 20.6. The molecule has 2 heterocycles. The average Bonchev–Trinajstić information content (AvgIpc) is 3.39. The summed E-state index contributed by atoms with van der Waals surface area (Å²) >= 11 is 0. The fourth-order valence-electron chi connectivity index (χ4n) is 5.02. The summed E-state index contributed by atoms with van der Waals surface area (Å²) in [7, 11) is 0. The molecule has 0 radical (unpaired) electrons. The maximum atomic E-state index is 13.4. The largest absolute Gasteiger partial charge is 0.507 e. The quantitative estimate of drug-likeness (QED) is 0.287. The standard InChI is InChI=1S/C30H27NO6/c1-3-18-4-8-20(9-5-18)27-26(28(34)21-10-13-24-22(16-21)14-17(2)37-24)29(35)30(36)31(27)23-11-6-19(7-12-23)15-25(32)33/h4-13,16-17,27,34H,3,14-15H2,1-2H3,(H,32,33)/b28-26-. The van der Waals surface area contributed by atoms with Gasteiger partial charge in [0.15, 0.2) is 0 Å². The molecule has 0 bridgehead atoms.